The highest BCUT2D eigenvalue weighted by Gasteiger charge is 2.45. The molecule has 1 aliphatic rings. The molecule has 0 heterocycles. The zero-order chi connectivity index (χ0) is 13.4. The van der Waals surface area contributed by atoms with Crippen LogP contribution in [0.5, 0.6) is 0 Å². The lowest BCUT2D eigenvalue weighted by Crippen LogP contribution is -2.53. The molecule has 1 aromatic rings. The molecule has 2 unspecified atom stereocenters. The third kappa shape index (κ3) is 2.73. The van der Waals surface area contributed by atoms with Crippen LogP contribution in [-0.4, -0.2) is 12.1 Å². The van der Waals surface area contributed by atoms with Crippen molar-refractivity contribution in [2.45, 2.75) is 51.5 Å². The molecule has 2 heteroatoms. The van der Waals surface area contributed by atoms with Crippen molar-refractivity contribution in [3.8, 4) is 0 Å². The molecule has 0 spiro atoms. The van der Waals surface area contributed by atoms with E-state index in [4.69, 9.17) is 11.6 Å². The summed E-state index contributed by atoms with van der Waals surface area (Å²) in [7, 11) is 0. The van der Waals surface area contributed by atoms with Gasteiger partial charge in [-0.25, -0.2) is 0 Å². The van der Waals surface area contributed by atoms with E-state index in [-0.39, 0.29) is 11.0 Å². The predicted octanol–water partition coefficient (Wildman–Crippen LogP) is 4.40. The van der Waals surface area contributed by atoms with E-state index in [9.17, 15) is 0 Å². The SMILES string of the molecule is CC1CCC1(CNC(C)(C)C)c1cccc(Cl)c1. The first-order chi connectivity index (χ1) is 8.33. The van der Waals surface area contributed by atoms with Crippen molar-refractivity contribution < 1.29 is 0 Å². The Bertz CT molecular complexity index is 421. The molecule has 0 saturated heterocycles. The molecule has 0 radical (unpaired) electrons. The van der Waals surface area contributed by atoms with Crippen LogP contribution in [0, 0.1) is 5.92 Å². The number of halogens is 1. The first-order valence-corrected chi connectivity index (χ1v) is 7.22. The van der Waals surface area contributed by atoms with Crippen LogP contribution in [-0.2, 0) is 5.41 Å². The molecule has 1 N–H and O–H groups in total. The Kier molecular flexibility index (Phi) is 3.75. The van der Waals surface area contributed by atoms with Crippen molar-refractivity contribution >= 4 is 11.6 Å². The maximum Gasteiger partial charge on any atom is 0.0408 e. The predicted molar refractivity (Wildman–Crippen MR) is 79.3 cm³/mol. The number of nitrogens with one attached hydrogen (secondary N) is 1. The molecule has 1 aliphatic carbocycles. The summed E-state index contributed by atoms with van der Waals surface area (Å²) in [5.41, 5.74) is 1.84. The second kappa shape index (κ2) is 4.86. The molecule has 0 aliphatic heterocycles. The van der Waals surface area contributed by atoms with Crippen molar-refractivity contribution in [2.24, 2.45) is 5.92 Å². The third-order valence-corrected chi connectivity index (χ3v) is 4.54. The van der Waals surface area contributed by atoms with Gasteiger partial charge in [0.05, 0.1) is 0 Å². The van der Waals surface area contributed by atoms with Gasteiger partial charge in [-0.2, -0.15) is 0 Å². The van der Waals surface area contributed by atoms with E-state index in [1.165, 1.54) is 18.4 Å². The normalized spacial score (nSPS) is 27.9. The van der Waals surface area contributed by atoms with Crippen molar-refractivity contribution in [3.63, 3.8) is 0 Å². The van der Waals surface area contributed by atoms with Crippen LogP contribution in [0.2, 0.25) is 5.02 Å². The lowest BCUT2D eigenvalue weighted by atomic mass is 9.57. The standard InChI is InChI=1S/C16H24ClN/c1-12-8-9-16(12,11-18-15(2,3)4)13-6-5-7-14(17)10-13/h5-7,10,12,18H,8-9,11H2,1-4H3. The minimum absolute atomic E-state index is 0.168. The first kappa shape index (κ1) is 13.9. The van der Waals surface area contributed by atoms with E-state index < -0.39 is 0 Å². The van der Waals surface area contributed by atoms with Gasteiger partial charge in [0.25, 0.3) is 0 Å². The van der Waals surface area contributed by atoms with Crippen molar-refractivity contribution in [1.82, 2.24) is 5.32 Å². The summed E-state index contributed by atoms with van der Waals surface area (Å²) in [4.78, 5) is 0. The third-order valence-electron chi connectivity index (χ3n) is 4.30. The Morgan fingerprint density at radius 3 is 2.56 bits per heavy atom. The summed E-state index contributed by atoms with van der Waals surface area (Å²) in [5.74, 6) is 0.728. The van der Waals surface area contributed by atoms with Gasteiger partial charge in [-0.1, -0.05) is 30.7 Å². The molecule has 1 nitrogen and oxygen atoms in total. The molecular weight excluding hydrogens is 242 g/mol. The highest BCUT2D eigenvalue weighted by atomic mass is 35.5. The minimum Gasteiger partial charge on any atom is -0.311 e. The summed E-state index contributed by atoms with van der Waals surface area (Å²) in [6.07, 6.45) is 2.58. The van der Waals surface area contributed by atoms with Crippen LogP contribution in [0.3, 0.4) is 0 Å². The van der Waals surface area contributed by atoms with Gasteiger partial charge in [-0.05, 0) is 57.2 Å². The number of rotatable bonds is 3. The molecule has 2 atom stereocenters. The van der Waals surface area contributed by atoms with Gasteiger partial charge in [-0.3, -0.25) is 0 Å². The Hall–Kier alpha value is -0.530. The molecular formula is C16H24ClN. The van der Waals surface area contributed by atoms with Crippen molar-refractivity contribution in [2.75, 3.05) is 6.54 Å². The second-order valence-electron chi connectivity index (χ2n) is 6.71. The van der Waals surface area contributed by atoms with Crippen LogP contribution >= 0.6 is 11.6 Å². The van der Waals surface area contributed by atoms with E-state index in [0.29, 0.717) is 0 Å². The van der Waals surface area contributed by atoms with Gasteiger partial charge in [0, 0.05) is 22.5 Å². The van der Waals surface area contributed by atoms with Gasteiger partial charge in [0.1, 0.15) is 0 Å². The van der Waals surface area contributed by atoms with Crippen molar-refractivity contribution in [1.29, 1.82) is 0 Å². The zero-order valence-corrected chi connectivity index (χ0v) is 12.6. The summed E-state index contributed by atoms with van der Waals surface area (Å²) in [6, 6.07) is 8.40. The lowest BCUT2D eigenvalue weighted by Gasteiger charge is -2.50. The molecule has 1 fully saturated rings. The van der Waals surface area contributed by atoms with E-state index >= 15 is 0 Å². The monoisotopic (exact) mass is 265 g/mol. The van der Waals surface area contributed by atoms with E-state index in [2.05, 4.69) is 51.2 Å². The smallest absolute Gasteiger partial charge is 0.0408 e. The topological polar surface area (TPSA) is 12.0 Å². The summed E-state index contributed by atoms with van der Waals surface area (Å²) in [5, 5.41) is 4.52. The minimum atomic E-state index is 0.168. The fourth-order valence-corrected chi connectivity index (χ4v) is 2.99. The molecule has 1 aromatic carbocycles. The highest BCUT2D eigenvalue weighted by Crippen LogP contribution is 2.48. The quantitative estimate of drug-likeness (QED) is 0.854. The maximum atomic E-state index is 6.15. The van der Waals surface area contributed by atoms with Gasteiger partial charge < -0.3 is 5.32 Å². The Balaban J connectivity index is 2.22. The van der Waals surface area contributed by atoms with Crippen LogP contribution in [0.15, 0.2) is 24.3 Å². The number of hydrogen-bond donors (Lipinski definition) is 1. The van der Waals surface area contributed by atoms with Crippen LogP contribution in [0.4, 0.5) is 0 Å². The van der Waals surface area contributed by atoms with Gasteiger partial charge in [-0.15, -0.1) is 0 Å². The molecule has 100 valence electrons. The van der Waals surface area contributed by atoms with E-state index in [0.717, 1.165) is 17.5 Å². The van der Waals surface area contributed by atoms with Gasteiger partial charge >= 0.3 is 0 Å². The van der Waals surface area contributed by atoms with Crippen LogP contribution < -0.4 is 5.32 Å². The van der Waals surface area contributed by atoms with E-state index in [1.807, 2.05) is 6.07 Å². The fourth-order valence-electron chi connectivity index (χ4n) is 2.80. The number of benzene rings is 1. The molecule has 1 saturated carbocycles. The largest absolute Gasteiger partial charge is 0.311 e. The molecule has 0 amide bonds. The van der Waals surface area contributed by atoms with Crippen LogP contribution in [0.1, 0.15) is 46.1 Å². The Morgan fingerprint density at radius 2 is 2.11 bits per heavy atom. The molecule has 0 bridgehead atoms. The fraction of sp³-hybridized carbons (Fsp3) is 0.625. The summed E-state index contributed by atoms with van der Waals surface area (Å²) in [6.45, 7) is 10.1. The Morgan fingerprint density at radius 1 is 1.39 bits per heavy atom. The molecule has 2 rings (SSSR count). The average molecular weight is 266 g/mol. The molecule has 0 aromatic heterocycles. The first-order valence-electron chi connectivity index (χ1n) is 6.85. The van der Waals surface area contributed by atoms with Gasteiger partial charge in [0.2, 0.25) is 0 Å². The lowest BCUT2D eigenvalue weighted by molar-refractivity contribution is 0.124. The van der Waals surface area contributed by atoms with Crippen molar-refractivity contribution in [3.05, 3.63) is 34.9 Å². The average Bonchev–Trinajstić information content (AvgIpc) is 2.26. The highest BCUT2D eigenvalue weighted by molar-refractivity contribution is 6.30. The van der Waals surface area contributed by atoms with Crippen LogP contribution in [0.25, 0.3) is 0 Å². The zero-order valence-electron chi connectivity index (χ0n) is 11.9. The Labute approximate surface area is 116 Å². The summed E-state index contributed by atoms with van der Waals surface area (Å²) < 4.78 is 0. The maximum absolute atomic E-state index is 6.15. The summed E-state index contributed by atoms with van der Waals surface area (Å²) >= 11 is 6.15. The molecule has 18 heavy (non-hydrogen) atoms. The second-order valence-corrected chi connectivity index (χ2v) is 7.15. The van der Waals surface area contributed by atoms with E-state index in [1.54, 1.807) is 0 Å². The number of hydrogen-bond acceptors (Lipinski definition) is 1. The van der Waals surface area contributed by atoms with Gasteiger partial charge in [0.15, 0.2) is 0 Å².